The van der Waals surface area contributed by atoms with E-state index in [2.05, 4.69) is 11.2 Å². The standard InChI is InChI=1S/C16H20FN3O4S2/c17-12-10-11(18-8-2-1-5-15(18)21)6-7-13(12)19-9-3-4-14(16(19)22)20(23)26(24)25/h6-7,10,14,23H,1-5,8-9H2,(H,24,25). The Balaban J connectivity index is 1.83. The lowest BCUT2D eigenvalue weighted by Crippen LogP contribution is -2.52. The van der Waals surface area contributed by atoms with Crippen LogP contribution in [0.15, 0.2) is 18.2 Å². The molecule has 3 rings (SSSR count). The largest absolute Gasteiger partial charge is 0.314 e. The van der Waals surface area contributed by atoms with Crippen LogP contribution < -0.4 is 9.80 Å². The average molecular weight is 401 g/mol. The van der Waals surface area contributed by atoms with Gasteiger partial charge in [0.15, 0.2) is 0 Å². The Labute approximate surface area is 157 Å². The summed E-state index contributed by atoms with van der Waals surface area (Å²) in [5.41, 5.74) is 0.562. The van der Waals surface area contributed by atoms with E-state index in [9.17, 15) is 23.7 Å². The number of halogens is 1. The highest BCUT2D eigenvalue weighted by Crippen LogP contribution is 2.30. The van der Waals surface area contributed by atoms with Gasteiger partial charge in [-0.05, 0) is 55.1 Å². The van der Waals surface area contributed by atoms with Crippen molar-refractivity contribution in [2.75, 3.05) is 22.9 Å². The van der Waals surface area contributed by atoms with Crippen molar-refractivity contribution in [3.8, 4) is 0 Å². The van der Waals surface area contributed by atoms with Crippen LogP contribution in [-0.4, -0.2) is 45.2 Å². The van der Waals surface area contributed by atoms with Crippen LogP contribution in [0.25, 0.3) is 0 Å². The lowest BCUT2D eigenvalue weighted by atomic mass is 10.0. The number of hydroxylamine groups is 1. The Bertz CT molecular complexity index is 748. The molecule has 1 aromatic rings. The van der Waals surface area contributed by atoms with Crippen molar-refractivity contribution in [1.82, 2.24) is 4.47 Å². The molecule has 2 N–H and O–H groups in total. The number of anilines is 2. The van der Waals surface area contributed by atoms with Crippen molar-refractivity contribution in [3.63, 3.8) is 0 Å². The van der Waals surface area contributed by atoms with E-state index in [4.69, 9.17) is 0 Å². The van der Waals surface area contributed by atoms with E-state index in [1.807, 2.05) is 0 Å². The number of rotatable bonds is 4. The van der Waals surface area contributed by atoms with Crippen LogP contribution in [0.5, 0.6) is 0 Å². The summed E-state index contributed by atoms with van der Waals surface area (Å²) in [6.45, 7) is 0.859. The van der Waals surface area contributed by atoms with E-state index in [1.165, 1.54) is 17.0 Å². The maximum atomic E-state index is 14.7. The zero-order chi connectivity index (χ0) is 18.8. The molecule has 0 bridgehead atoms. The van der Waals surface area contributed by atoms with E-state index in [0.717, 1.165) is 12.8 Å². The van der Waals surface area contributed by atoms with Gasteiger partial charge in [0.1, 0.15) is 21.8 Å². The number of hydrogen-bond donors (Lipinski definition) is 2. The molecular weight excluding hydrogens is 381 g/mol. The second-order valence-electron chi connectivity index (χ2n) is 6.32. The molecule has 2 unspecified atom stereocenters. The minimum atomic E-state index is -1.88. The second-order valence-corrected chi connectivity index (χ2v) is 8.05. The molecule has 0 aliphatic carbocycles. The van der Waals surface area contributed by atoms with Crippen LogP contribution in [0, 0.1) is 5.82 Å². The zero-order valence-corrected chi connectivity index (χ0v) is 15.6. The first-order valence-corrected chi connectivity index (χ1v) is 10.5. The molecule has 142 valence electrons. The smallest absolute Gasteiger partial charge is 0.247 e. The molecule has 2 atom stereocenters. The van der Waals surface area contributed by atoms with E-state index >= 15 is 0 Å². The first-order chi connectivity index (χ1) is 12.4. The Morgan fingerprint density at radius 2 is 1.92 bits per heavy atom. The Kier molecular flexibility index (Phi) is 5.98. The summed E-state index contributed by atoms with van der Waals surface area (Å²) < 4.78 is 24.5. The molecule has 2 amide bonds. The lowest BCUT2D eigenvalue weighted by molar-refractivity contribution is -0.133. The molecule has 2 fully saturated rings. The van der Waals surface area contributed by atoms with Gasteiger partial charge < -0.3 is 19.6 Å². The van der Waals surface area contributed by atoms with Crippen molar-refractivity contribution in [2.45, 2.75) is 38.1 Å². The molecule has 10 heteroatoms. The summed E-state index contributed by atoms with van der Waals surface area (Å²) in [5, 5.41) is 9.81. The first-order valence-electron chi connectivity index (χ1n) is 8.40. The normalized spacial score (nSPS) is 22.8. The molecule has 0 saturated carbocycles. The average Bonchev–Trinajstić information content (AvgIpc) is 2.62. The highest BCUT2D eigenvalue weighted by atomic mass is 32.8. The monoisotopic (exact) mass is 401 g/mol. The van der Waals surface area contributed by atoms with Crippen molar-refractivity contribution < 1.29 is 23.7 Å². The summed E-state index contributed by atoms with van der Waals surface area (Å²) >= 11 is 4.59. The zero-order valence-electron chi connectivity index (χ0n) is 14.0. The second kappa shape index (κ2) is 8.05. The van der Waals surface area contributed by atoms with E-state index in [1.54, 1.807) is 11.0 Å². The Morgan fingerprint density at radius 3 is 2.58 bits per heavy atom. The fraction of sp³-hybridized carbons (Fsp3) is 0.500. The molecule has 0 aromatic heterocycles. The third kappa shape index (κ3) is 3.79. The molecule has 2 aliphatic rings. The lowest BCUT2D eigenvalue weighted by Gasteiger charge is -2.35. The van der Waals surface area contributed by atoms with Gasteiger partial charge in [0.2, 0.25) is 11.8 Å². The Hall–Kier alpha value is -1.46. The van der Waals surface area contributed by atoms with Crippen molar-refractivity contribution in [3.05, 3.63) is 24.0 Å². The predicted octanol–water partition coefficient (Wildman–Crippen LogP) is 2.00. The van der Waals surface area contributed by atoms with Gasteiger partial charge in [0.25, 0.3) is 0 Å². The van der Waals surface area contributed by atoms with Gasteiger partial charge in [-0.25, -0.2) is 4.39 Å². The SMILES string of the molecule is O=C1CCCCN1c1ccc(N2CCCC(N(O)S(O)=S)C2=O)c(F)c1. The third-order valence-electron chi connectivity index (χ3n) is 4.69. The molecule has 0 spiro atoms. The van der Waals surface area contributed by atoms with Crippen LogP contribution in [0.2, 0.25) is 0 Å². The minimum absolute atomic E-state index is 0.0335. The van der Waals surface area contributed by atoms with Crippen molar-refractivity contribution in [2.24, 2.45) is 0 Å². The highest BCUT2D eigenvalue weighted by Gasteiger charge is 2.36. The van der Waals surface area contributed by atoms with E-state index in [0.29, 0.717) is 42.5 Å². The molecule has 7 nitrogen and oxygen atoms in total. The van der Waals surface area contributed by atoms with Crippen LogP contribution >= 0.6 is 0 Å². The van der Waals surface area contributed by atoms with E-state index in [-0.39, 0.29) is 11.6 Å². The summed E-state index contributed by atoms with van der Waals surface area (Å²) in [7, 11) is -1.88. The van der Waals surface area contributed by atoms with Crippen LogP contribution in [0.1, 0.15) is 32.1 Å². The number of amides is 2. The topological polar surface area (TPSA) is 84.3 Å². The molecule has 2 aliphatic heterocycles. The predicted molar refractivity (Wildman–Crippen MR) is 99.0 cm³/mol. The van der Waals surface area contributed by atoms with Crippen molar-refractivity contribution in [1.29, 1.82) is 0 Å². The van der Waals surface area contributed by atoms with Crippen LogP contribution in [0.3, 0.4) is 0 Å². The van der Waals surface area contributed by atoms with Crippen molar-refractivity contribution >= 4 is 44.3 Å². The van der Waals surface area contributed by atoms with Gasteiger partial charge in [0, 0.05) is 25.2 Å². The fourth-order valence-corrected chi connectivity index (χ4v) is 4.10. The summed E-state index contributed by atoms with van der Waals surface area (Å²) in [6.07, 6.45) is 3.02. The number of piperidine rings is 2. The van der Waals surface area contributed by atoms with Gasteiger partial charge in [-0.15, -0.1) is 0 Å². The summed E-state index contributed by atoms with van der Waals surface area (Å²) in [5.74, 6) is -1.16. The summed E-state index contributed by atoms with van der Waals surface area (Å²) in [6, 6.07) is 3.35. The number of nitrogens with zero attached hydrogens (tertiary/aromatic N) is 3. The Morgan fingerprint density at radius 1 is 1.19 bits per heavy atom. The molecule has 1 aromatic carbocycles. The molecule has 26 heavy (non-hydrogen) atoms. The van der Waals surface area contributed by atoms with E-state index < -0.39 is 27.7 Å². The number of benzene rings is 1. The first kappa shape index (κ1) is 19.3. The van der Waals surface area contributed by atoms with Crippen LogP contribution in [0.4, 0.5) is 15.8 Å². The number of hydrogen-bond acceptors (Lipinski definition) is 4. The third-order valence-corrected chi connectivity index (χ3v) is 5.73. The maximum absolute atomic E-state index is 14.7. The highest BCUT2D eigenvalue weighted by molar-refractivity contribution is 8.24. The van der Waals surface area contributed by atoms with Gasteiger partial charge in [-0.2, -0.15) is 0 Å². The fourth-order valence-electron chi connectivity index (χ4n) is 3.37. The molecule has 0 radical (unpaired) electrons. The van der Waals surface area contributed by atoms with Crippen LogP contribution in [-0.2, 0) is 30.7 Å². The van der Waals surface area contributed by atoms with Gasteiger partial charge >= 0.3 is 0 Å². The van der Waals surface area contributed by atoms with Gasteiger partial charge in [0.05, 0.1) is 5.69 Å². The molecule has 2 heterocycles. The maximum Gasteiger partial charge on any atom is 0.247 e. The quantitative estimate of drug-likeness (QED) is 0.751. The minimum Gasteiger partial charge on any atom is -0.314 e. The number of carbonyl (C=O) groups excluding carboxylic acids is 2. The summed E-state index contributed by atoms with van der Waals surface area (Å²) in [4.78, 5) is 27.4. The van der Waals surface area contributed by atoms with Gasteiger partial charge in [-0.3, -0.25) is 9.59 Å². The van der Waals surface area contributed by atoms with Gasteiger partial charge in [-0.1, -0.05) is 4.47 Å². The molecular formula is C16H20FN3O4S2. The molecule has 2 saturated heterocycles. The number of carbonyl (C=O) groups is 2.